The molecule has 1 spiro atoms. The molecule has 1 aliphatic carbocycles. The predicted octanol–water partition coefficient (Wildman–Crippen LogP) is 2.41. The van der Waals surface area contributed by atoms with Crippen LogP contribution >= 0.6 is 11.3 Å². The molecule has 31 heavy (non-hydrogen) atoms. The quantitative estimate of drug-likeness (QED) is 0.602. The lowest BCUT2D eigenvalue weighted by molar-refractivity contribution is -0.134. The van der Waals surface area contributed by atoms with Crippen LogP contribution in [0.2, 0.25) is 0 Å². The van der Waals surface area contributed by atoms with Crippen molar-refractivity contribution >= 4 is 35.0 Å². The van der Waals surface area contributed by atoms with Gasteiger partial charge in [-0.15, -0.1) is 11.3 Å². The standard InChI is InChI=1S/C22H21N5O3S/c28-19(24-18-8-10-23-27(18)13-17-6-3-11-31-17)14-26-20(29)22(25-21(26)30)9-7-15-4-1-2-5-16(15)12-22/h1-6,8,10-11H,7,9,12-14H2,(H,24,28)(H,25,30). The molecule has 5 rings (SSSR count). The summed E-state index contributed by atoms with van der Waals surface area (Å²) in [7, 11) is 0. The van der Waals surface area contributed by atoms with Gasteiger partial charge < -0.3 is 10.6 Å². The lowest BCUT2D eigenvalue weighted by Gasteiger charge is -2.32. The molecule has 0 radical (unpaired) electrons. The van der Waals surface area contributed by atoms with Crippen molar-refractivity contribution in [3.63, 3.8) is 0 Å². The van der Waals surface area contributed by atoms with E-state index in [0.29, 0.717) is 31.6 Å². The van der Waals surface area contributed by atoms with Gasteiger partial charge in [-0.05, 0) is 35.4 Å². The number of anilines is 1. The van der Waals surface area contributed by atoms with Crippen molar-refractivity contribution in [3.8, 4) is 0 Å². The molecular weight excluding hydrogens is 414 g/mol. The fraction of sp³-hybridized carbons (Fsp3) is 0.273. The number of aromatic nitrogens is 2. The van der Waals surface area contributed by atoms with Crippen molar-refractivity contribution in [1.82, 2.24) is 20.0 Å². The Balaban J connectivity index is 1.27. The van der Waals surface area contributed by atoms with Crippen LogP contribution in [0.15, 0.2) is 54.0 Å². The smallest absolute Gasteiger partial charge is 0.323 e. The Hall–Kier alpha value is -3.46. The number of aryl methyl sites for hydroxylation is 1. The zero-order valence-corrected chi connectivity index (χ0v) is 17.5. The Bertz CT molecular complexity index is 1160. The minimum atomic E-state index is -0.966. The highest BCUT2D eigenvalue weighted by Gasteiger charge is 2.52. The highest BCUT2D eigenvalue weighted by Crippen LogP contribution is 2.33. The summed E-state index contributed by atoms with van der Waals surface area (Å²) in [5.41, 5.74) is 1.30. The van der Waals surface area contributed by atoms with Crippen molar-refractivity contribution in [2.75, 3.05) is 11.9 Å². The van der Waals surface area contributed by atoms with Gasteiger partial charge >= 0.3 is 6.03 Å². The van der Waals surface area contributed by atoms with Crippen molar-refractivity contribution in [3.05, 3.63) is 70.0 Å². The first-order chi connectivity index (χ1) is 15.0. The summed E-state index contributed by atoms with van der Waals surface area (Å²) in [4.78, 5) is 40.5. The van der Waals surface area contributed by atoms with Gasteiger partial charge in [-0.2, -0.15) is 5.10 Å². The van der Waals surface area contributed by atoms with E-state index in [0.717, 1.165) is 15.3 Å². The van der Waals surface area contributed by atoms with Gasteiger partial charge in [-0.3, -0.25) is 14.5 Å². The maximum atomic E-state index is 13.2. The van der Waals surface area contributed by atoms with E-state index < -0.39 is 17.5 Å². The maximum Gasteiger partial charge on any atom is 0.325 e. The Morgan fingerprint density at radius 2 is 2.00 bits per heavy atom. The molecule has 0 bridgehead atoms. The summed E-state index contributed by atoms with van der Waals surface area (Å²) in [6.45, 7) is 0.199. The van der Waals surface area contributed by atoms with E-state index in [1.807, 2.05) is 41.8 Å². The van der Waals surface area contributed by atoms with Crippen molar-refractivity contribution in [2.45, 2.75) is 31.3 Å². The van der Waals surface area contributed by atoms with Gasteiger partial charge in [0.25, 0.3) is 5.91 Å². The number of hydrogen-bond acceptors (Lipinski definition) is 5. The number of benzene rings is 1. The predicted molar refractivity (Wildman–Crippen MR) is 116 cm³/mol. The second kappa shape index (κ2) is 7.66. The number of fused-ring (bicyclic) bond motifs is 1. The molecular formula is C22H21N5O3S. The number of imide groups is 1. The second-order valence-corrected chi connectivity index (χ2v) is 8.88. The van der Waals surface area contributed by atoms with E-state index in [2.05, 4.69) is 15.7 Å². The molecule has 2 N–H and O–H groups in total. The molecule has 1 aliphatic heterocycles. The Morgan fingerprint density at radius 1 is 1.16 bits per heavy atom. The molecule has 1 saturated heterocycles. The average Bonchev–Trinajstić information content (AvgIpc) is 3.48. The first-order valence-corrected chi connectivity index (χ1v) is 11.0. The summed E-state index contributed by atoms with van der Waals surface area (Å²) in [5, 5.41) is 11.9. The monoisotopic (exact) mass is 435 g/mol. The molecule has 3 heterocycles. The molecule has 1 aromatic carbocycles. The zero-order chi connectivity index (χ0) is 21.4. The number of carbonyl (C=O) groups is 3. The van der Waals surface area contributed by atoms with Gasteiger partial charge in [0.2, 0.25) is 5.91 Å². The minimum absolute atomic E-state index is 0.335. The first kappa shape index (κ1) is 19.5. The average molecular weight is 436 g/mol. The van der Waals surface area contributed by atoms with E-state index in [1.54, 1.807) is 28.3 Å². The fourth-order valence-electron chi connectivity index (χ4n) is 4.29. The van der Waals surface area contributed by atoms with E-state index in [1.165, 1.54) is 5.56 Å². The van der Waals surface area contributed by atoms with Gasteiger partial charge in [-0.25, -0.2) is 9.48 Å². The number of urea groups is 1. The van der Waals surface area contributed by atoms with E-state index in [-0.39, 0.29) is 12.5 Å². The number of thiophene rings is 1. The van der Waals surface area contributed by atoms with Crippen LogP contribution in [-0.2, 0) is 29.0 Å². The molecule has 8 nitrogen and oxygen atoms in total. The topological polar surface area (TPSA) is 96.3 Å². The third-order valence-electron chi connectivity index (χ3n) is 5.85. The normalized spacial score (nSPS) is 20.1. The lowest BCUT2D eigenvalue weighted by atomic mass is 9.78. The van der Waals surface area contributed by atoms with E-state index in [4.69, 9.17) is 0 Å². The number of carbonyl (C=O) groups excluding carboxylic acids is 3. The van der Waals surface area contributed by atoms with E-state index in [9.17, 15) is 14.4 Å². The van der Waals surface area contributed by atoms with Crippen LogP contribution in [0, 0.1) is 0 Å². The van der Waals surface area contributed by atoms with Gasteiger partial charge in [0.05, 0.1) is 12.7 Å². The van der Waals surface area contributed by atoms with Crippen molar-refractivity contribution in [1.29, 1.82) is 0 Å². The van der Waals surface area contributed by atoms with Crippen LogP contribution in [0.1, 0.15) is 22.4 Å². The second-order valence-electron chi connectivity index (χ2n) is 7.85. The summed E-state index contributed by atoms with van der Waals surface area (Å²) in [5.74, 6) is -0.259. The SMILES string of the molecule is O=C(CN1C(=O)NC2(CCc3ccccc3C2)C1=O)Nc1ccnn1Cc1cccs1. The molecule has 9 heteroatoms. The largest absolute Gasteiger partial charge is 0.325 e. The van der Waals surface area contributed by atoms with Crippen LogP contribution in [0.5, 0.6) is 0 Å². The third kappa shape index (κ3) is 3.61. The van der Waals surface area contributed by atoms with Gasteiger partial charge in [0, 0.05) is 17.4 Å². The van der Waals surface area contributed by atoms with Gasteiger partial charge in [0.15, 0.2) is 0 Å². The number of hydrogen-bond donors (Lipinski definition) is 2. The summed E-state index contributed by atoms with van der Waals surface area (Å²) in [6.07, 6.45) is 3.29. The Morgan fingerprint density at radius 3 is 2.81 bits per heavy atom. The minimum Gasteiger partial charge on any atom is -0.323 e. The Labute approximate surface area is 182 Å². The van der Waals surface area contributed by atoms with Crippen LogP contribution in [0.4, 0.5) is 10.6 Å². The lowest BCUT2D eigenvalue weighted by Crippen LogP contribution is -2.51. The fourth-order valence-corrected chi connectivity index (χ4v) is 4.97. The molecule has 158 valence electrons. The molecule has 1 unspecified atom stereocenters. The number of rotatable bonds is 5. The Kier molecular flexibility index (Phi) is 4.82. The number of amides is 4. The van der Waals surface area contributed by atoms with Crippen LogP contribution in [0.3, 0.4) is 0 Å². The molecule has 3 aromatic rings. The maximum absolute atomic E-state index is 13.2. The summed E-state index contributed by atoms with van der Waals surface area (Å²) < 4.78 is 1.68. The number of nitrogens with zero attached hydrogens (tertiary/aromatic N) is 3. The zero-order valence-electron chi connectivity index (χ0n) is 16.7. The van der Waals surface area contributed by atoms with Crippen LogP contribution in [0.25, 0.3) is 0 Å². The first-order valence-electron chi connectivity index (χ1n) is 10.1. The van der Waals surface area contributed by atoms with E-state index >= 15 is 0 Å². The van der Waals surface area contributed by atoms with Crippen molar-refractivity contribution in [2.24, 2.45) is 0 Å². The molecule has 4 amide bonds. The molecule has 1 atom stereocenters. The molecule has 2 aromatic heterocycles. The summed E-state index contributed by atoms with van der Waals surface area (Å²) >= 11 is 1.60. The van der Waals surface area contributed by atoms with Crippen LogP contribution in [-0.4, -0.2) is 44.6 Å². The van der Waals surface area contributed by atoms with Gasteiger partial charge in [0.1, 0.15) is 17.9 Å². The summed E-state index contributed by atoms with van der Waals surface area (Å²) in [6, 6.07) is 13.1. The highest BCUT2D eigenvalue weighted by molar-refractivity contribution is 7.09. The van der Waals surface area contributed by atoms with Crippen LogP contribution < -0.4 is 10.6 Å². The number of nitrogens with one attached hydrogen (secondary N) is 2. The third-order valence-corrected chi connectivity index (χ3v) is 6.71. The van der Waals surface area contributed by atoms with Gasteiger partial charge in [-0.1, -0.05) is 30.3 Å². The van der Waals surface area contributed by atoms with Crippen molar-refractivity contribution < 1.29 is 14.4 Å². The molecule has 2 aliphatic rings. The molecule has 1 fully saturated rings. The highest BCUT2D eigenvalue weighted by atomic mass is 32.1. The molecule has 0 saturated carbocycles.